The van der Waals surface area contributed by atoms with Crippen LogP contribution in [0.4, 0.5) is 5.69 Å². The fraction of sp³-hybridized carbons (Fsp3) is 0.286. The maximum absolute atomic E-state index is 12.3. The van der Waals surface area contributed by atoms with E-state index in [1.165, 1.54) is 13.8 Å². The minimum atomic E-state index is -0.964. The Bertz CT molecular complexity index is 814. The average molecular weight is 369 g/mol. The number of esters is 1. The van der Waals surface area contributed by atoms with Gasteiger partial charge >= 0.3 is 5.97 Å². The molecule has 1 atom stereocenters. The third-order valence-corrected chi connectivity index (χ3v) is 4.02. The smallest absolute Gasteiger partial charge is 0.306 e. The van der Waals surface area contributed by atoms with Gasteiger partial charge in [-0.25, -0.2) is 0 Å². The molecule has 1 N–H and O–H groups in total. The van der Waals surface area contributed by atoms with Crippen LogP contribution in [-0.2, 0) is 20.7 Å². The van der Waals surface area contributed by atoms with Crippen molar-refractivity contribution in [2.24, 2.45) is 0 Å². The molecule has 0 saturated carbocycles. The van der Waals surface area contributed by atoms with E-state index in [0.717, 1.165) is 11.3 Å². The summed E-state index contributed by atoms with van der Waals surface area (Å²) >= 11 is 0. The summed E-state index contributed by atoms with van der Waals surface area (Å²) in [5.41, 5.74) is 1.78. The quantitative estimate of drug-likeness (QED) is 0.570. The highest BCUT2D eigenvalue weighted by Crippen LogP contribution is 2.16. The van der Waals surface area contributed by atoms with Crippen LogP contribution in [0.3, 0.4) is 0 Å². The molecule has 0 aliphatic carbocycles. The Morgan fingerprint density at radius 3 is 2.33 bits per heavy atom. The van der Waals surface area contributed by atoms with Crippen LogP contribution in [-0.4, -0.2) is 30.9 Å². The minimum Gasteiger partial charge on any atom is -0.497 e. The van der Waals surface area contributed by atoms with Crippen molar-refractivity contribution in [3.8, 4) is 5.75 Å². The van der Waals surface area contributed by atoms with Crippen molar-refractivity contribution in [3.05, 3.63) is 59.7 Å². The zero-order chi connectivity index (χ0) is 19.8. The predicted molar refractivity (Wildman–Crippen MR) is 102 cm³/mol. The second-order valence-corrected chi connectivity index (χ2v) is 6.07. The Morgan fingerprint density at radius 2 is 1.70 bits per heavy atom. The number of para-hydroxylation sites is 1. The molecule has 2 aromatic rings. The van der Waals surface area contributed by atoms with Gasteiger partial charge in [0.25, 0.3) is 5.91 Å². The molecule has 0 aliphatic heterocycles. The number of methoxy groups -OCH3 is 1. The van der Waals surface area contributed by atoms with Crippen molar-refractivity contribution in [2.75, 3.05) is 12.4 Å². The van der Waals surface area contributed by atoms with E-state index in [1.807, 2.05) is 24.3 Å². The summed E-state index contributed by atoms with van der Waals surface area (Å²) in [6, 6.07) is 14.1. The molecule has 0 aromatic heterocycles. The van der Waals surface area contributed by atoms with Gasteiger partial charge in [0.05, 0.1) is 12.8 Å². The molecule has 0 bridgehead atoms. The normalized spacial score (nSPS) is 11.4. The number of nitrogens with one attached hydrogen (secondary N) is 1. The summed E-state index contributed by atoms with van der Waals surface area (Å²) < 4.78 is 10.3. The van der Waals surface area contributed by atoms with Gasteiger partial charge in [-0.05, 0) is 50.1 Å². The van der Waals surface area contributed by atoms with Crippen LogP contribution in [0.5, 0.6) is 5.75 Å². The summed E-state index contributed by atoms with van der Waals surface area (Å²) in [6.45, 7) is 2.92. The summed E-state index contributed by atoms with van der Waals surface area (Å²) in [7, 11) is 1.59. The van der Waals surface area contributed by atoms with E-state index in [9.17, 15) is 14.4 Å². The van der Waals surface area contributed by atoms with E-state index >= 15 is 0 Å². The Hall–Kier alpha value is -3.15. The number of aryl methyl sites for hydroxylation is 1. The van der Waals surface area contributed by atoms with Crippen molar-refractivity contribution in [1.82, 2.24) is 0 Å². The van der Waals surface area contributed by atoms with Crippen LogP contribution in [0, 0.1) is 0 Å². The molecule has 0 heterocycles. The number of hydrogen-bond donors (Lipinski definition) is 1. The first-order valence-corrected chi connectivity index (χ1v) is 8.64. The Kier molecular flexibility index (Phi) is 7.11. The van der Waals surface area contributed by atoms with Crippen molar-refractivity contribution < 1.29 is 23.9 Å². The number of amides is 1. The number of carbonyl (C=O) groups is 3. The zero-order valence-electron chi connectivity index (χ0n) is 15.7. The minimum absolute atomic E-state index is 0.157. The largest absolute Gasteiger partial charge is 0.497 e. The highest BCUT2D eigenvalue weighted by atomic mass is 16.5. The third-order valence-electron chi connectivity index (χ3n) is 4.02. The average Bonchev–Trinajstić information content (AvgIpc) is 2.67. The van der Waals surface area contributed by atoms with Gasteiger partial charge in [-0.2, -0.15) is 0 Å². The first-order valence-electron chi connectivity index (χ1n) is 8.64. The maximum atomic E-state index is 12.3. The lowest BCUT2D eigenvalue weighted by Crippen LogP contribution is -2.30. The fourth-order valence-corrected chi connectivity index (χ4v) is 2.48. The van der Waals surface area contributed by atoms with E-state index in [2.05, 4.69) is 5.32 Å². The van der Waals surface area contributed by atoms with E-state index in [0.29, 0.717) is 17.7 Å². The molecular formula is C21H23NO5. The van der Waals surface area contributed by atoms with Gasteiger partial charge in [-0.1, -0.05) is 24.3 Å². The zero-order valence-corrected chi connectivity index (χ0v) is 15.7. The van der Waals surface area contributed by atoms with Gasteiger partial charge in [-0.3, -0.25) is 14.4 Å². The van der Waals surface area contributed by atoms with Gasteiger partial charge < -0.3 is 14.8 Å². The monoisotopic (exact) mass is 369 g/mol. The van der Waals surface area contributed by atoms with E-state index < -0.39 is 18.0 Å². The molecule has 0 saturated heterocycles. The highest BCUT2D eigenvalue weighted by Gasteiger charge is 2.19. The maximum Gasteiger partial charge on any atom is 0.306 e. The second-order valence-electron chi connectivity index (χ2n) is 6.07. The topological polar surface area (TPSA) is 81.7 Å². The molecule has 0 aliphatic rings. The summed E-state index contributed by atoms with van der Waals surface area (Å²) in [4.78, 5) is 35.9. The van der Waals surface area contributed by atoms with Crippen molar-refractivity contribution in [1.29, 1.82) is 0 Å². The van der Waals surface area contributed by atoms with Gasteiger partial charge in [0.15, 0.2) is 11.9 Å². The Morgan fingerprint density at radius 1 is 1.04 bits per heavy atom. The molecule has 6 heteroatoms. The lowest BCUT2D eigenvalue weighted by molar-refractivity contribution is -0.153. The molecule has 142 valence electrons. The number of rotatable bonds is 8. The van der Waals surface area contributed by atoms with Gasteiger partial charge in [0, 0.05) is 12.0 Å². The molecule has 27 heavy (non-hydrogen) atoms. The second kappa shape index (κ2) is 9.52. The Balaban J connectivity index is 1.86. The van der Waals surface area contributed by atoms with Crippen molar-refractivity contribution in [2.45, 2.75) is 32.8 Å². The Labute approximate surface area is 158 Å². The standard InChI is InChI=1S/C21H23NO5/c1-14(23)18-6-4-5-7-19(18)22-21(25)15(2)27-20(24)13-10-16-8-11-17(26-3)12-9-16/h4-9,11-12,15H,10,13H2,1-3H3,(H,22,25)/t15-/m1/s1. The van der Waals surface area contributed by atoms with Crippen molar-refractivity contribution in [3.63, 3.8) is 0 Å². The number of ketones is 1. The molecule has 1 amide bonds. The number of carbonyl (C=O) groups excluding carboxylic acids is 3. The van der Waals surface area contributed by atoms with Crippen LogP contribution in [0.1, 0.15) is 36.2 Å². The van der Waals surface area contributed by atoms with Crippen LogP contribution in [0.15, 0.2) is 48.5 Å². The van der Waals surface area contributed by atoms with Gasteiger partial charge in [0.2, 0.25) is 0 Å². The SMILES string of the molecule is COc1ccc(CCC(=O)O[C@H](C)C(=O)Nc2ccccc2C(C)=O)cc1. The lowest BCUT2D eigenvalue weighted by atomic mass is 10.1. The first-order chi connectivity index (χ1) is 12.9. The van der Waals surface area contributed by atoms with Gasteiger partial charge in [0.1, 0.15) is 5.75 Å². The third kappa shape index (κ3) is 5.95. The van der Waals surface area contributed by atoms with E-state index in [1.54, 1.807) is 31.4 Å². The summed E-state index contributed by atoms with van der Waals surface area (Å²) in [6.07, 6.45) is -0.299. The molecule has 2 aromatic carbocycles. The lowest BCUT2D eigenvalue weighted by Gasteiger charge is -2.15. The van der Waals surface area contributed by atoms with E-state index in [-0.39, 0.29) is 12.2 Å². The number of ether oxygens (including phenoxy) is 2. The summed E-state index contributed by atoms with van der Waals surface area (Å²) in [5, 5.41) is 2.63. The van der Waals surface area contributed by atoms with Crippen molar-refractivity contribution >= 4 is 23.3 Å². The summed E-state index contributed by atoms with van der Waals surface area (Å²) in [5.74, 6) is -0.359. The van der Waals surface area contributed by atoms with Crippen LogP contribution in [0.25, 0.3) is 0 Å². The molecule has 0 unspecified atom stereocenters. The molecule has 6 nitrogen and oxygen atoms in total. The van der Waals surface area contributed by atoms with Crippen LogP contribution < -0.4 is 10.1 Å². The van der Waals surface area contributed by atoms with Gasteiger partial charge in [-0.15, -0.1) is 0 Å². The number of benzene rings is 2. The molecule has 0 spiro atoms. The van der Waals surface area contributed by atoms with Crippen LogP contribution in [0.2, 0.25) is 0 Å². The number of Topliss-reactive ketones (excluding diaryl/α,β-unsaturated/α-hetero) is 1. The highest BCUT2D eigenvalue weighted by molar-refractivity contribution is 6.04. The molecule has 0 radical (unpaired) electrons. The number of anilines is 1. The first kappa shape index (κ1) is 20.2. The van der Waals surface area contributed by atoms with E-state index in [4.69, 9.17) is 9.47 Å². The number of hydrogen-bond acceptors (Lipinski definition) is 5. The molecule has 0 fully saturated rings. The predicted octanol–water partition coefficient (Wildman–Crippen LogP) is 3.40. The molecular weight excluding hydrogens is 346 g/mol. The van der Waals surface area contributed by atoms with Crippen LogP contribution >= 0.6 is 0 Å². The molecule has 2 rings (SSSR count). The fourth-order valence-electron chi connectivity index (χ4n) is 2.48.